The maximum Gasteiger partial charge on any atom is 0.0977 e. The summed E-state index contributed by atoms with van der Waals surface area (Å²) in [5.41, 5.74) is 0. The number of alkyl halides is 2. The molecule has 4 heteroatoms. The Morgan fingerprint density at radius 1 is 1.00 bits per heavy atom. The van der Waals surface area contributed by atoms with Crippen LogP contribution in [-0.4, -0.2) is 33.2 Å². The van der Waals surface area contributed by atoms with Gasteiger partial charge in [-0.1, -0.05) is 0 Å². The number of hydrogen-bond donors (Lipinski definition) is 2. The third kappa shape index (κ3) is 1.32. The largest absolute Gasteiger partial charge is 0.389 e. The second kappa shape index (κ2) is 2.62. The van der Waals surface area contributed by atoms with E-state index >= 15 is 0 Å². The lowest BCUT2D eigenvalue weighted by molar-refractivity contribution is 0.0471. The molecule has 0 radical (unpaired) electrons. The fourth-order valence-corrected chi connectivity index (χ4v) is 1.70. The number of rotatable bonds is 0. The van der Waals surface area contributed by atoms with E-state index in [4.69, 9.17) is 33.4 Å². The molecular weight excluding hydrogens is 163 g/mol. The lowest BCUT2D eigenvalue weighted by Crippen LogP contribution is -2.28. The molecule has 0 spiro atoms. The minimum atomic E-state index is -0.853. The van der Waals surface area contributed by atoms with Gasteiger partial charge in [0.05, 0.1) is 23.0 Å². The zero-order chi connectivity index (χ0) is 7.02. The minimum absolute atomic E-state index is 0.387. The van der Waals surface area contributed by atoms with Crippen molar-refractivity contribution in [3.63, 3.8) is 0 Å². The van der Waals surface area contributed by atoms with Gasteiger partial charge in [-0.25, -0.2) is 0 Å². The lowest BCUT2D eigenvalue weighted by Gasteiger charge is -2.09. The van der Waals surface area contributed by atoms with Crippen LogP contribution in [0.25, 0.3) is 0 Å². The number of aliphatic hydroxyl groups is 2. The van der Waals surface area contributed by atoms with E-state index in [1.807, 2.05) is 0 Å². The quantitative estimate of drug-likeness (QED) is 0.515. The van der Waals surface area contributed by atoms with E-state index in [0.717, 1.165) is 0 Å². The standard InChI is InChI=1S/C5H8Cl2O2/c6-2-1-3(7)5(9)4(2)8/h2-5,8-9H,1H2/t2-,3-,4-,5+/m1/s1. The first kappa shape index (κ1) is 7.61. The van der Waals surface area contributed by atoms with Gasteiger partial charge < -0.3 is 10.2 Å². The Labute approximate surface area is 63.4 Å². The zero-order valence-corrected chi connectivity index (χ0v) is 6.18. The first-order valence-electron chi connectivity index (χ1n) is 2.77. The lowest BCUT2D eigenvalue weighted by atomic mass is 10.3. The summed E-state index contributed by atoms with van der Waals surface area (Å²) >= 11 is 11.1. The van der Waals surface area contributed by atoms with Gasteiger partial charge in [0.2, 0.25) is 0 Å². The van der Waals surface area contributed by atoms with E-state index < -0.39 is 12.2 Å². The van der Waals surface area contributed by atoms with Crippen molar-refractivity contribution < 1.29 is 10.2 Å². The third-order valence-electron chi connectivity index (χ3n) is 1.54. The first-order valence-corrected chi connectivity index (χ1v) is 3.64. The SMILES string of the molecule is O[C@@H]1[C@H](O)[C@H](Cl)C[C@H]1Cl. The van der Waals surface area contributed by atoms with E-state index in [1.165, 1.54) is 0 Å². The van der Waals surface area contributed by atoms with Crippen molar-refractivity contribution in [1.82, 2.24) is 0 Å². The molecule has 0 amide bonds. The highest BCUT2D eigenvalue weighted by molar-refractivity contribution is 6.25. The molecule has 0 aliphatic heterocycles. The molecule has 9 heavy (non-hydrogen) atoms. The fourth-order valence-electron chi connectivity index (χ4n) is 0.922. The highest BCUT2D eigenvalue weighted by Gasteiger charge is 2.39. The average Bonchev–Trinajstić information content (AvgIpc) is 1.98. The molecule has 0 saturated heterocycles. The summed E-state index contributed by atoms with van der Waals surface area (Å²) in [6.45, 7) is 0. The highest BCUT2D eigenvalue weighted by Crippen LogP contribution is 2.28. The van der Waals surface area contributed by atoms with Gasteiger partial charge >= 0.3 is 0 Å². The van der Waals surface area contributed by atoms with Crippen molar-refractivity contribution in [3.8, 4) is 0 Å². The van der Waals surface area contributed by atoms with E-state index in [9.17, 15) is 0 Å². The second-order valence-corrected chi connectivity index (χ2v) is 3.37. The Morgan fingerprint density at radius 3 is 1.44 bits per heavy atom. The van der Waals surface area contributed by atoms with Crippen LogP contribution in [0.5, 0.6) is 0 Å². The Hall–Kier alpha value is 0.500. The molecule has 0 heterocycles. The van der Waals surface area contributed by atoms with E-state index in [-0.39, 0.29) is 10.8 Å². The molecule has 1 fully saturated rings. The zero-order valence-electron chi connectivity index (χ0n) is 4.67. The predicted octanol–water partition coefficient (Wildman–Crippen LogP) is 0.327. The monoisotopic (exact) mass is 170 g/mol. The van der Waals surface area contributed by atoms with Crippen LogP contribution < -0.4 is 0 Å². The van der Waals surface area contributed by atoms with Crippen molar-refractivity contribution in [1.29, 1.82) is 0 Å². The van der Waals surface area contributed by atoms with Crippen molar-refractivity contribution >= 4 is 23.2 Å². The fraction of sp³-hybridized carbons (Fsp3) is 1.00. The van der Waals surface area contributed by atoms with E-state index in [0.29, 0.717) is 6.42 Å². The second-order valence-electron chi connectivity index (χ2n) is 2.25. The van der Waals surface area contributed by atoms with Gasteiger partial charge in [0, 0.05) is 0 Å². The van der Waals surface area contributed by atoms with Crippen LogP contribution in [0.2, 0.25) is 0 Å². The Morgan fingerprint density at radius 2 is 1.33 bits per heavy atom. The molecule has 2 nitrogen and oxygen atoms in total. The maximum atomic E-state index is 8.97. The Kier molecular flexibility index (Phi) is 2.22. The van der Waals surface area contributed by atoms with Gasteiger partial charge in [0.25, 0.3) is 0 Å². The molecule has 0 aromatic carbocycles. The summed E-state index contributed by atoms with van der Waals surface area (Å²) in [5, 5.41) is 17.2. The molecule has 54 valence electrons. The van der Waals surface area contributed by atoms with Crippen LogP contribution >= 0.6 is 23.2 Å². The molecule has 2 N–H and O–H groups in total. The molecule has 0 aromatic heterocycles. The first-order chi connectivity index (χ1) is 4.13. The van der Waals surface area contributed by atoms with Gasteiger partial charge in [-0.15, -0.1) is 23.2 Å². The van der Waals surface area contributed by atoms with Crippen LogP contribution in [-0.2, 0) is 0 Å². The van der Waals surface area contributed by atoms with Gasteiger partial charge in [0.1, 0.15) is 0 Å². The molecule has 0 unspecified atom stereocenters. The molecule has 1 rings (SSSR count). The van der Waals surface area contributed by atoms with Crippen LogP contribution in [0.1, 0.15) is 6.42 Å². The molecule has 1 aliphatic carbocycles. The summed E-state index contributed by atoms with van der Waals surface area (Å²) in [4.78, 5) is 0. The van der Waals surface area contributed by atoms with Gasteiger partial charge in [-0.2, -0.15) is 0 Å². The predicted molar refractivity (Wildman–Crippen MR) is 35.9 cm³/mol. The normalized spacial score (nSPS) is 52.0. The van der Waals surface area contributed by atoms with E-state index in [1.54, 1.807) is 0 Å². The molecule has 4 atom stereocenters. The summed E-state index contributed by atoms with van der Waals surface area (Å²) in [5.74, 6) is 0. The number of hydrogen-bond acceptors (Lipinski definition) is 2. The summed E-state index contributed by atoms with van der Waals surface area (Å²) in [6.07, 6.45) is -1.23. The highest BCUT2D eigenvalue weighted by atomic mass is 35.5. The minimum Gasteiger partial charge on any atom is -0.389 e. The third-order valence-corrected chi connectivity index (χ3v) is 2.41. The smallest absolute Gasteiger partial charge is 0.0977 e. The van der Waals surface area contributed by atoms with Crippen molar-refractivity contribution in [3.05, 3.63) is 0 Å². The summed E-state index contributed by atoms with van der Waals surface area (Å²) in [7, 11) is 0. The maximum absolute atomic E-state index is 8.97. The van der Waals surface area contributed by atoms with Crippen LogP contribution in [0.4, 0.5) is 0 Å². The molecular formula is C5H8Cl2O2. The van der Waals surface area contributed by atoms with Gasteiger partial charge in [0.15, 0.2) is 0 Å². The van der Waals surface area contributed by atoms with Crippen molar-refractivity contribution in [2.24, 2.45) is 0 Å². The molecule has 0 aromatic rings. The van der Waals surface area contributed by atoms with Crippen LogP contribution in [0.15, 0.2) is 0 Å². The van der Waals surface area contributed by atoms with Crippen LogP contribution in [0, 0.1) is 0 Å². The average molecular weight is 171 g/mol. The van der Waals surface area contributed by atoms with Crippen LogP contribution in [0.3, 0.4) is 0 Å². The topological polar surface area (TPSA) is 40.5 Å². The Bertz CT molecular complexity index is 97.1. The number of halogens is 2. The molecule has 1 saturated carbocycles. The summed E-state index contributed by atoms with van der Waals surface area (Å²) in [6, 6.07) is 0. The van der Waals surface area contributed by atoms with Gasteiger partial charge in [-0.05, 0) is 6.42 Å². The van der Waals surface area contributed by atoms with Crippen molar-refractivity contribution in [2.75, 3.05) is 0 Å². The van der Waals surface area contributed by atoms with Gasteiger partial charge in [-0.3, -0.25) is 0 Å². The molecule has 0 bridgehead atoms. The Balaban J connectivity index is 2.54. The number of aliphatic hydroxyl groups excluding tert-OH is 2. The van der Waals surface area contributed by atoms with Crippen molar-refractivity contribution in [2.45, 2.75) is 29.4 Å². The molecule has 1 aliphatic rings. The summed E-state index contributed by atoms with van der Waals surface area (Å²) < 4.78 is 0. The van der Waals surface area contributed by atoms with E-state index in [2.05, 4.69) is 0 Å².